The molecule has 2 aliphatic rings. The molecule has 22 heavy (non-hydrogen) atoms. The number of nitrogen functional groups attached to an aromatic ring is 1. The van der Waals surface area contributed by atoms with Crippen LogP contribution in [0.15, 0.2) is 18.5 Å². The summed E-state index contributed by atoms with van der Waals surface area (Å²) in [5.74, 6) is -0.111. The molecule has 5 atom stereocenters. The molecule has 2 heterocycles. The first kappa shape index (κ1) is 13.9. The summed E-state index contributed by atoms with van der Waals surface area (Å²) in [6, 6.07) is -0.537. The van der Waals surface area contributed by atoms with Crippen LogP contribution in [0, 0.1) is 11.3 Å². The van der Waals surface area contributed by atoms with Gasteiger partial charge in [0.25, 0.3) is 0 Å². The fourth-order valence-electron chi connectivity index (χ4n) is 3.81. The molecule has 5 N–H and O–H groups in total. The monoisotopic (exact) mass is 323 g/mol. The Morgan fingerprint density at radius 1 is 1.41 bits per heavy atom. The lowest BCUT2D eigenvalue weighted by atomic mass is 9.99. The number of nitrogens with zero attached hydrogens (tertiary/aromatic N) is 4. The average molecular weight is 324 g/mol. The quantitative estimate of drug-likeness (QED) is 0.433. The number of hydrogen-bond acceptors (Lipinski definition) is 7. The molecule has 2 aromatic heterocycles. The number of halogens is 1. The maximum atomic E-state index is 10.4. The van der Waals surface area contributed by atoms with Crippen molar-refractivity contribution in [2.45, 2.75) is 18.2 Å². The van der Waals surface area contributed by atoms with Crippen LogP contribution in [0.2, 0.25) is 5.28 Å². The predicted molar refractivity (Wildman–Crippen MR) is 77.9 cm³/mol. The van der Waals surface area contributed by atoms with Gasteiger partial charge in [0.2, 0.25) is 5.28 Å². The molecule has 2 aliphatic carbocycles. The molecule has 8 nitrogen and oxygen atoms in total. The van der Waals surface area contributed by atoms with Crippen molar-refractivity contribution >= 4 is 28.6 Å². The van der Waals surface area contributed by atoms with Crippen LogP contribution < -0.4 is 5.73 Å². The standard InChI is InChI=1S/C13H14ClN5O3/c1-4-5-7(8(21)9(22)13(4,5)2-20)19-3-16-6-10(15)17-12(14)18-11(6)19/h3,5,7-9,20-22H,1-2H2,(H2,15,17,18)/t5-,7-,8+,9+,13-/m1/s1. The summed E-state index contributed by atoms with van der Waals surface area (Å²) in [6.07, 6.45) is -0.687. The summed E-state index contributed by atoms with van der Waals surface area (Å²) >= 11 is 5.84. The molecule has 0 aromatic carbocycles. The molecule has 0 aliphatic heterocycles. The van der Waals surface area contributed by atoms with E-state index < -0.39 is 23.7 Å². The highest BCUT2D eigenvalue weighted by Gasteiger charge is 2.74. The Kier molecular flexibility index (Phi) is 2.63. The summed E-state index contributed by atoms with van der Waals surface area (Å²) in [6.45, 7) is 3.64. The minimum Gasteiger partial charge on any atom is -0.395 e. The highest BCUT2D eigenvalue weighted by Crippen LogP contribution is 2.70. The number of fused-ring (bicyclic) bond motifs is 2. The Hall–Kier alpha value is -1.74. The summed E-state index contributed by atoms with van der Waals surface area (Å²) in [5.41, 5.74) is 6.38. The Bertz CT molecular complexity index is 808. The van der Waals surface area contributed by atoms with Crippen LogP contribution in [0.4, 0.5) is 5.82 Å². The van der Waals surface area contributed by atoms with E-state index in [0.29, 0.717) is 16.7 Å². The van der Waals surface area contributed by atoms with Crippen LogP contribution in [0.1, 0.15) is 6.04 Å². The van der Waals surface area contributed by atoms with Gasteiger partial charge in [0.1, 0.15) is 11.6 Å². The predicted octanol–water partition coefficient (Wildman–Crippen LogP) is -0.497. The van der Waals surface area contributed by atoms with E-state index in [0.717, 1.165) is 0 Å². The Labute approximate surface area is 129 Å². The Morgan fingerprint density at radius 2 is 2.14 bits per heavy atom. The molecule has 0 unspecified atom stereocenters. The number of aromatic nitrogens is 4. The van der Waals surface area contributed by atoms with Gasteiger partial charge in [0.15, 0.2) is 11.5 Å². The number of aliphatic hydroxyl groups is 3. The number of nitrogens with two attached hydrogens (primary N) is 1. The van der Waals surface area contributed by atoms with Crippen molar-refractivity contribution in [1.82, 2.24) is 19.5 Å². The Balaban J connectivity index is 1.88. The summed E-state index contributed by atoms with van der Waals surface area (Å²) in [5, 5.41) is 30.3. The zero-order valence-corrected chi connectivity index (χ0v) is 12.1. The lowest BCUT2D eigenvalue weighted by Crippen LogP contribution is -2.36. The van der Waals surface area contributed by atoms with Crippen LogP contribution >= 0.6 is 11.6 Å². The lowest BCUT2D eigenvalue weighted by molar-refractivity contribution is -0.0218. The maximum Gasteiger partial charge on any atom is 0.226 e. The summed E-state index contributed by atoms with van der Waals surface area (Å²) in [4.78, 5) is 12.1. The third-order valence-electron chi connectivity index (χ3n) is 4.99. The minimum absolute atomic E-state index is 0.0252. The van der Waals surface area contributed by atoms with Crippen molar-refractivity contribution in [2.75, 3.05) is 12.3 Å². The van der Waals surface area contributed by atoms with E-state index in [1.54, 1.807) is 4.57 Å². The fourth-order valence-corrected chi connectivity index (χ4v) is 3.98. The highest BCUT2D eigenvalue weighted by atomic mass is 35.5. The van der Waals surface area contributed by atoms with E-state index in [4.69, 9.17) is 17.3 Å². The molecule has 0 amide bonds. The topological polar surface area (TPSA) is 130 Å². The zero-order valence-electron chi connectivity index (χ0n) is 11.4. The molecular formula is C13H14ClN5O3. The summed E-state index contributed by atoms with van der Waals surface area (Å²) in [7, 11) is 0. The van der Waals surface area contributed by atoms with Crippen LogP contribution in [-0.2, 0) is 0 Å². The third-order valence-corrected chi connectivity index (χ3v) is 5.16. The van der Waals surface area contributed by atoms with Crippen molar-refractivity contribution in [2.24, 2.45) is 11.3 Å². The second-order valence-corrected chi connectivity index (χ2v) is 6.17. The van der Waals surface area contributed by atoms with Crippen molar-refractivity contribution in [3.63, 3.8) is 0 Å². The molecule has 2 fully saturated rings. The minimum atomic E-state index is -1.09. The molecule has 2 aromatic rings. The van der Waals surface area contributed by atoms with E-state index in [1.807, 2.05) is 0 Å². The van der Waals surface area contributed by atoms with Crippen LogP contribution in [0.3, 0.4) is 0 Å². The SMILES string of the molecule is C=C1[C@@H]2[C@@H](n3cnc4c(N)nc(Cl)nc43)[C@H](O)[C@H](O)[C@]12CO. The fraction of sp³-hybridized carbons (Fsp3) is 0.462. The third kappa shape index (κ3) is 1.40. The van der Waals surface area contributed by atoms with Crippen LogP contribution in [0.5, 0.6) is 0 Å². The van der Waals surface area contributed by atoms with Crippen molar-refractivity contribution in [3.8, 4) is 0 Å². The normalized spacial score (nSPS) is 36.8. The van der Waals surface area contributed by atoms with Gasteiger partial charge in [-0.05, 0) is 11.6 Å². The molecule has 116 valence electrons. The van der Waals surface area contributed by atoms with Gasteiger partial charge in [0, 0.05) is 5.92 Å². The first-order valence-electron chi connectivity index (χ1n) is 6.75. The van der Waals surface area contributed by atoms with Gasteiger partial charge in [0.05, 0.1) is 30.5 Å². The maximum absolute atomic E-state index is 10.4. The second kappa shape index (κ2) is 4.17. The van der Waals surface area contributed by atoms with Gasteiger partial charge in [-0.1, -0.05) is 12.2 Å². The molecule has 0 saturated heterocycles. The van der Waals surface area contributed by atoms with Crippen molar-refractivity contribution in [3.05, 3.63) is 23.8 Å². The number of aliphatic hydroxyl groups excluding tert-OH is 3. The molecule has 0 bridgehead atoms. The molecule has 0 spiro atoms. The van der Waals surface area contributed by atoms with E-state index in [-0.39, 0.29) is 23.6 Å². The Morgan fingerprint density at radius 3 is 2.77 bits per heavy atom. The highest BCUT2D eigenvalue weighted by molar-refractivity contribution is 6.28. The molecule has 2 saturated carbocycles. The smallest absolute Gasteiger partial charge is 0.226 e. The van der Waals surface area contributed by atoms with Crippen molar-refractivity contribution < 1.29 is 15.3 Å². The first-order chi connectivity index (χ1) is 10.4. The van der Waals surface area contributed by atoms with Crippen LogP contribution in [-0.4, -0.2) is 53.7 Å². The number of anilines is 1. The number of rotatable bonds is 2. The van der Waals surface area contributed by atoms with E-state index in [2.05, 4.69) is 21.5 Å². The van der Waals surface area contributed by atoms with E-state index >= 15 is 0 Å². The van der Waals surface area contributed by atoms with Gasteiger partial charge < -0.3 is 25.6 Å². The van der Waals surface area contributed by atoms with E-state index in [9.17, 15) is 15.3 Å². The largest absolute Gasteiger partial charge is 0.395 e. The van der Waals surface area contributed by atoms with Gasteiger partial charge in [-0.15, -0.1) is 0 Å². The van der Waals surface area contributed by atoms with Gasteiger partial charge >= 0.3 is 0 Å². The molecular weight excluding hydrogens is 310 g/mol. The molecule has 4 rings (SSSR count). The van der Waals surface area contributed by atoms with Crippen molar-refractivity contribution in [1.29, 1.82) is 0 Å². The molecule has 9 heteroatoms. The van der Waals surface area contributed by atoms with Gasteiger partial charge in [-0.3, -0.25) is 0 Å². The lowest BCUT2D eigenvalue weighted by Gasteiger charge is -2.24. The number of hydrogen-bond donors (Lipinski definition) is 4. The van der Waals surface area contributed by atoms with Gasteiger partial charge in [-0.2, -0.15) is 9.97 Å². The van der Waals surface area contributed by atoms with Crippen LogP contribution in [0.25, 0.3) is 11.2 Å². The summed E-state index contributed by atoms with van der Waals surface area (Å²) < 4.78 is 1.62. The van der Waals surface area contributed by atoms with Gasteiger partial charge in [-0.25, -0.2) is 4.98 Å². The average Bonchev–Trinajstić information content (AvgIpc) is 2.77. The zero-order chi connectivity index (χ0) is 15.8. The molecule has 0 radical (unpaired) electrons. The first-order valence-corrected chi connectivity index (χ1v) is 7.13. The number of imidazole rings is 1. The second-order valence-electron chi connectivity index (χ2n) is 5.83. The van der Waals surface area contributed by atoms with E-state index in [1.165, 1.54) is 6.33 Å².